The smallest absolute Gasteiger partial charge is 0.194 e. The summed E-state index contributed by atoms with van der Waals surface area (Å²) in [5, 5.41) is 13.6. The third-order valence-electron chi connectivity index (χ3n) is 5.71. The highest BCUT2D eigenvalue weighted by molar-refractivity contribution is 14.0. The summed E-state index contributed by atoms with van der Waals surface area (Å²) in [6.45, 7) is 10.1. The van der Waals surface area contributed by atoms with Crippen molar-refractivity contribution in [3.63, 3.8) is 0 Å². The van der Waals surface area contributed by atoms with Crippen LogP contribution < -0.4 is 15.1 Å². The van der Waals surface area contributed by atoms with Gasteiger partial charge >= 0.3 is 0 Å². The normalized spacial score (nSPS) is 17.2. The van der Waals surface area contributed by atoms with Crippen molar-refractivity contribution >= 4 is 41.4 Å². The minimum atomic E-state index is 0. The highest BCUT2D eigenvalue weighted by atomic mass is 127. The summed E-state index contributed by atoms with van der Waals surface area (Å²) in [5.41, 5.74) is 2.03. The molecule has 8 nitrogen and oxygen atoms in total. The SMILES string of the molecule is CCNC(=NCc1cccnc1N1CCOCC1)N1CCN(c2ccccc2O)CC1.I. The first-order valence-electron chi connectivity index (χ1n) is 11.1. The van der Waals surface area contributed by atoms with Crippen LogP contribution in [0.4, 0.5) is 11.5 Å². The Bertz CT molecular complexity index is 882. The Morgan fingerprint density at radius 1 is 1.03 bits per heavy atom. The fourth-order valence-corrected chi connectivity index (χ4v) is 4.09. The first-order valence-corrected chi connectivity index (χ1v) is 11.1. The fraction of sp³-hybridized carbons (Fsp3) is 0.478. The number of aromatic nitrogens is 1. The lowest BCUT2D eigenvalue weighted by Gasteiger charge is -2.38. The first kappa shape index (κ1) is 24.4. The number of nitrogens with zero attached hydrogens (tertiary/aromatic N) is 5. The molecule has 0 bridgehead atoms. The molecule has 0 unspecified atom stereocenters. The lowest BCUT2D eigenvalue weighted by atomic mass is 10.2. The van der Waals surface area contributed by atoms with Gasteiger partial charge in [-0.25, -0.2) is 9.98 Å². The van der Waals surface area contributed by atoms with Crippen LogP contribution >= 0.6 is 24.0 Å². The third kappa shape index (κ3) is 5.94. The number of rotatable bonds is 5. The predicted octanol–water partition coefficient (Wildman–Crippen LogP) is 2.53. The summed E-state index contributed by atoms with van der Waals surface area (Å²) < 4.78 is 5.49. The lowest BCUT2D eigenvalue weighted by molar-refractivity contribution is 0.122. The summed E-state index contributed by atoms with van der Waals surface area (Å²) in [6.07, 6.45) is 1.85. The molecule has 0 atom stereocenters. The van der Waals surface area contributed by atoms with E-state index in [0.717, 1.165) is 82.1 Å². The quantitative estimate of drug-likeness (QED) is 0.336. The van der Waals surface area contributed by atoms with E-state index in [1.807, 2.05) is 30.5 Å². The van der Waals surface area contributed by atoms with Crippen LogP contribution in [0.3, 0.4) is 0 Å². The maximum Gasteiger partial charge on any atom is 0.194 e. The van der Waals surface area contributed by atoms with Gasteiger partial charge in [0.1, 0.15) is 11.6 Å². The number of ether oxygens (including phenoxy) is 1. The molecule has 2 fully saturated rings. The molecule has 2 aliphatic heterocycles. The number of aliphatic imine (C=N–C) groups is 1. The van der Waals surface area contributed by atoms with E-state index >= 15 is 0 Å². The van der Waals surface area contributed by atoms with Crippen LogP contribution in [0.25, 0.3) is 0 Å². The Labute approximate surface area is 207 Å². The highest BCUT2D eigenvalue weighted by Gasteiger charge is 2.22. The van der Waals surface area contributed by atoms with Crippen molar-refractivity contribution < 1.29 is 9.84 Å². The molecule has 1 aromatic heterocycles. The number of phenolic OH excluding ortho intramolecular Hbond substituents is 1. The molecule has 0 aliphatic carbocycles. The van der Waals surface area contributed by atoms with Gasteiger partial charge in [0.05, 0.1) is 25.4 Å². The Kier molecular flexibility index (Phi) is 9.22. The van der Waals surface area contributed by atoms with E-state index in [2.05, 4.69) is 38.0 Å². The Balaban J connectivity index is 0.00000289. The van der Waals surface area contributed by atoms with Gasteiger partial charge in [0, 0.05) is 57.6 Å². The number of aromatic hydroxyl groups is 1. The minimum absolute atomic E-state index is 0. The molecule has 0 radical (unpaired) electrons. The molecule has 0 spiro atoms. The molecule has 3 heterocycles. The van der Waals surface area contributed by atoms with Crippen LogP contribution in [0, 0.1) is 0 Å². The maximum atomic E-state index is 10.2. The Morgan fingerprint density at radius 3 is 2.50 bits per heavy atom. The molecule has 174 valence electrons. The van der Waals surface area contributed by atoms with Crippen LogP contribution in [0.5, 0.6) is 5.75 Å². The van der Waals surface area contributed by atoms with Crippen molar-refractivity contribution in [2.75, 3.05) is 68.8 Å². The molecule has 2 N–H and O–H groups in total. The highest BCUT2D eigenvalue weighted by Crippen LogP contribution is 2.27. The molecule has 2 aromatic rings. The number of guanidine groups is 1. The van der Waals surface area contributed by atoms with Gasteiger partial charge < -0.3 is 29.9 Å². The van der Waals surface area contributed by atoms with Crippen LogP contribution in [-0.4, -0.2) is 80.0 Å². The van der Waals surface area contributed by atoms with Gasteiger partial charge in [0.15, 0.2) is 5.96 Å². The zero-order chi connectivity index (χ0) is 21.5. The third-order valence-corrected chi connectivity index (χ3v) is 5.71. The predicted molar refractivity (Wildman–Crippen MR) is 139 cm³/mol. The largest absolute Gasteiger partial charge is 0.506 e. The topological polar surface area (TPSA) is 76.5 Å². The summed E-state index contributed by atoms with van der Waals surface area (Å²) in [5.74, 6) is 2.27. The number of hydrogen-bond donors (Lipinski definition) is 2. The second kappa shape index (κ2) is 12.1. The van der Waals surface area contributed by atoms with Gasteiger partial charge in [-0.2, -0.15) is 0 Å². The van der Waals surface area contributed by atoms with E-state index in [1.165, 1.54) is 0 Å². The summed E-state index contributed by atoms with van der Waals surface area (Å²) >= 11 is 0. The van der Waals surface area contributed by atoms with Crippen molar-refractivity contribution in [2.45, 2.75) is 13.5 Å². The number of phenols is 1. The number of anilines is 2. The van der Waals surface area contributed by atoms with E-state index in [-0.39, 0.29) is 24.0 Å². The lowest BCUT2D eigenvalue weighted by Crippen LogP contribution is -2.52. The zero-order valence-corrected chi connectivity index (χ0v) is 20.9. The van der Waals surface area contributed by atoms with Crippen molar-refractivity contribution in [3.8, 4) is 5.75 Å². The molecule has 2 aliphatic rings. The first-order chi connectivity index (χ1) is 15.3. The van der Waals surface area contributed by atoms with Crippen LogP contribution in [0.1, 0.15) is 12.5 Å². The number of para-hydroxylation sites is 2. The minimum Gasteiger partial charge on any atom is -0.506 e. The second-order valence-electron chi connectivity index (χ2n) is 7.72. The molecule has 2 saturated heterocycles. The van der Waals surface area contributed by atoms with E-state index < -0.39 is 0 Å². The van der Waals surface area contributed by atoms with Crippen LogP contribution in [0.2, 0.25) is 0 Å². The van der Waals surface area contributed by atoms with Gasteiger partial charge in [-0.3, -0.25) is 0 Å². The molecule has 32 heavy (non-hydrogen) atoms. The monoisotopic (exact) mass is 552 g/mol. The number of halogens is 1. The van der Waals surface area contributed by atoms with Crippen LogP contribution in [0.15, 0.2) is 47.6 Å². The number of morpholine rings is 1. The van der Waals surface area contributed by atoms with Crippen molar-refractivity contribution in [1.82, 2.24) is 15.2 Å². The molecule has 9 heteroatoms. The number of pyridine rings is 1. The average Bonchev–Trinajstić information content (AvgIpc) is 2.83. The van der Waals surface area contributed by atoms with E-state index in [0.29, 0.717) is 12.3 Å². The van der Waals surface area contributed by atoms with Crippen molar-refractivity contribution in [1.29, 1.82) is 0 Å². The number of nitrogens with one attached hydrogen (secondary N) is 1. The number of piperazine rings is 1. The van der Waals surface area contributed by atoms with Gasteiger partial charge in [0.25, 0.3) is 0 Å². The van der Waals surface area contributed by atoms with Crippen molar-refractivity contribution in [3.05, 3.63) is 48.2 Å². The average molecular weight is 552 g/mol. The Hall–Kier alpha value is -2.27. The van der Waals surface area contributed by atoms with Gasteiger partial charge in [-0.1, -0.05) is 18.2 Å². The van der Waals surface area contributed by atoms with Gasteiger partial charge in [-0.15, -0.1) is 24.0 Å². The van der Waals surface area contributed by atoms with Gasteiger partial charge in [0.2, 0.25) is 0 Å². The fourth-order valence-electron chi connectivity index (χ4n) is 4.09. The van der Waals surface area contributed by atoms with Crippen LogP contribution in [-0.2, 0) is 11.3 Å². The van der Waals surface area contributed by atoms with Crippen molar-refractivity contribution in [2.24, 2.45) is 4.99 Å². The molecular weight excluding hydrogens is 519 g/mol. The molecule has 0 amide bonds. The summed E-state index contributed by atoms with van der Waals surface area (Å²) in [7, 11) is 0. The van der Waals surface area contributed by atoms with Gasteiger partial charge in [-0.05, 0) is 25.1 Å². The second-order valence-corrected chi connectivity index (χ2v) is 7.72. The number of benzene rings is 1. The number of hydrogen-bond acceptors (Lipinski definition) is 6. The Morgan fingerprint density at radius 2 is 1.78 bits per heavy atom. The zero-order valence-electron chi connectivity index (χ0n) is 18.6. The molecule has 1 aromatic carbocycles. The molecule has 0 saturated carbocycles. The maximum absolute atomic E-state index is 10.2. The summed E-state index contributed by atoms with van der Waals surface area (Å²) in [6, 6.07) is 11.6. The van der Waals surface area contributed by atoms with E-state index in [9.17, 15) is 5.11 Å². The standard InChI is InChI=1S/C23H32N6O2.HI/c1-2-24-23(29-12-10-27(11-13-29)20-7-3-4-8-21(20)30)26-18-19-6-5-9-25-22(19)28-14-16-31-17-15-28;/h3-9,30H,2,10-18H2,1H3,(H,24,26);1H. The molecule has 4 rings (SSSR count). The van der Waals surface area contributed by atoms with E-state index in [1.54, 1.807) is 6.07 Å². The molecular formula is C23H33IN6O2. The van der Waals surface area contributed by atoms with E-state index in [4.69, 9.17) is 9.73 Å². The summed E-state index contributed by atoms with van der Waals surface area (Å²) in [4.78, 5) is 16.4.